The van der Waals surface area contributed by atoms with Gasteiger partial charge in [-0.05, 0) is 30.9 Å². The zero-order chi connectivity index (χ0) is 22.5. The minimum absolute atomic E-state index is 0.0104. The third-order valence-electron chi connectivity index (χ3n) is 6.29. The standard InChI is InChI=1S/C26H30N2O3S/c1-19(21-13-7-4-8-14-21)28-22-18-32-23(15-9-10-16-24(29)31-2)25(22)27(26(28)30)17-20-11-5-3-6-12-20/h3-8,11-15,19,22,25H,9-10,16-18H2,1-2H3/t19-,22+,25+/m1/s1. The number of allylic oxidation sites excluding steroid dienone is 1. The topological polar surface area (TPSA) is 49.9 Å². The van der Waals surface area contributed by atoms with Crippen LogP contribution in [0.15, 0.2) is 71.6 Å². The van der Waals surface area contributed by atoms with Gasteiger partial charge in [0.25, 0.3) is 0 Å². The number of unbranched alkanes of at least 4 members (excludes halogenated alkanes) is 1. The summed E-state index contributed by atoms with van der Waals surface area (Å²) in [6.07, 6.45) is 4.20. The first-order chi connectivity index (χ1) is 15.6. The van der Waals surface area contributed by atoms with Gasteiger partial charge in [0.05, 0.1) is 25.2 Å². The van der Waals surface area contributed by atoms with Crippen LogP contribution in [-0.2, 0) is 16.1 Å². The summed E-state index contributed by atoms with van der Waals surface area (Å²) in [5.74, 6) is 0.715. The summed E-state index contributed by atoms with van der Waals surface area (Å²) in [6, 6.07) is 20.7. The van der Waals surface area contributed by atoms with E-state index in [1.807, 2.05) is 53.1 Å². The van der Waals surface area contributed by atoms with E-state index in [-0.39, 0.29) is 30.1 Å². The van der Waals surface area contributed by atoms with Crippen molar-refractivity contribution in [1.82, 2.24) is 9.80 Å². The Morgan fingerprint density at radius 1 is 1.16 bits per heavy atom. The fourth-order valence-corrected chi connectivity index (χ4v) is 6.01. The zero-order valence-corrected chi connectivity index (χ0v) is 19.5. The number of carbonyl (C=O) groups excluding carboxylic acids is 2. The molecule has 0 unspecified atom stereocenters. The van der Waals surface area contributed by atoms with Crippen LogP contribution in [0.5, 0.6) is 0 Å². The number of ether oxygens (including phenoxy) is 1. The van der Waals surface area contributed by atoms with E-state index in [0.29, 0.717) is 13.0 Å². The first-order valence-corrected chi connectivity index (χ1v) is 12.2. The van der Waals surface area contributed by atoms with Crippen LogP contribution in [0, 0.1) is 0 Å². The Morgan fingerprint density at radius 2 is 1.84 bits per heavy atom. The molecule has 2 aromatic carbocycles. The molecule has 4 rings (SSSR count). The summed E-state index contributed by atoms with van der Waals surface area (Å²) in [7, 11) is 1.42. The van der Waals surface area contributed by atoms with Gasteiger partial charge in [0.15, 0.2) is 0 Å². The van der Waals surface area contributed by atoms with E-state index in [1.54, 1.807) is 0 Å². The van der Waals surface area contributed by atoms with Crippen LogP contribution < -0.4 is 0 Å². The Balaban J connectivity index is 1.58. The summed E-state index contributed by atoms with van der Waals surface area (Å²) < 4.78 is 4.75. The van der Waals surface area contributed by atoms with E-state index in [9.17, 15) is 9.59 Å². The number of nitrogens with zero attached hydrogens (tertiary/aromatic N) is 2. The highest BCUT2D eigenvalue weighted by atomic mass is 32.2. The van der Waals surface area contributed by atoms with Gasteiger partial charge in [-0.25, -0.2) is 4.79 Å². The molecular weight excluding hydrogens is 420 g/mol. The number of benzene rings is 2. The van der Waals surface area contributed by atoms with Gasteiger partial charge >= 0.3 is 12.0 Å². The molecule has 0 bridgehead atoms. The quantitative estimate of drug-likeness (QED) is 0.307. The summed E-state index contributed by atoms with van der Waals surface area (Å²) in [4.78, 5) is 30.5. The van der Waals surface area contributed by atoms with Gasteiger partial charge in [-0.3, -0.25) is 4.79 Å². The number of methoxy groups -OCH3 is 1. The molecule has 32 heavy (non-hydrogen) atoms. The lowest BCUT2D eigenvalue weighted by Crippen LogP contribution is -2.38. The molecule has 5 nitrogen and oxygen atoms in total. The Bertz CT molecular complexity index is 964. The number of carbonyl (C=O) groups is 2. The second-order valence-corrected chi connectivity index (χ2v) is 9.38. The normalized spacial score (nSPS) is 22.3. The molecule has 2 fully saturated rings. The molecule has 168 valence electrons. The smallest absolute Gasteiger partial charge is 0.321 e. The molecule has 0 aromatic heterocycles. The van der Waals surface area contributed by atoms with Crippen molar-refractivity contribution >= 4 is 23.8 Å². The minimum Gasteiger partial charge on any atom is -0.469 e. The fraction of sp³-hybridized carbons (Fsp3) is 0.385. The average molecular weight is 451 g/mol. The van der Waals surface area contributed by atoms with Gasteiger partial charge in [0.2, 0.25) is 0 Å². The predicted molar refractivity (Wildman–Crippen MR) is 128 cm³/mol. The first-order valence-electron chi connectivity index (χ1n) is 11.2. The maximum atomic E-state index is 13.7. The molecule has 2 heterocycles. The lowest BCUT2D eigenvalue weighted by atomic mass is 10.0. The molecule has 2 aliphatic heterocycles. The van der Waals surface area contributed by atoms with Crippen LogP contribution in [0.3, 0.4) is 0 Å². The maximum absolute atomic E-state index is 13.7. The predicted octanol–water partition coefficient (Wildman–Crippen LogP) is 5.40. The molecule has 6 heteroatoms. The van der Waals surface area contributed by atoms with Crippen LogP contribution >= 0.6 is 11.8 Å². The second-order valence-electron chi connectivity index (χ2n) is 8.29. The highest BCUT2D eigenvalue weighted by Crippen LogP contribution is 2.46. The number of fused-ring (bicyclic) bond motifs is 1. The number of hydrogen-bond donors (Lipinski definition) is 0. The Hall–Kier alpha value is -2.73. The highest BCUT2D eigenvalue weighted by molar-refractivity contribution is 8.03. The van der Waals surface area contributed by atoms with Crippen LogP contribution in [0.4, 0.5) is 4.79 Å². The second kappa shape index (κ2) is 10.3. The summed E-state index contributed by atoms with van der Waals surface area (Å²) in [5.41, 5.74) is 2.29. The van der Waals surface area contributed by atoms with Crippen molar-refractivity contribution in [3.8, 4) is 0 Å². The number of esters is 1. The Morgan fingerprint density at radius 3 is 2.53 bits per heavy atom. The molecule has 2 saturated heterocycles. The van der Waals surface area contributed by atoms with E-state index < -0.39 is 0 Å². The van der Waals surface area contributed by atoms with Crippen molar-refractivity contribution in [2.24, 2.45) is 0 Å². The molecule has 2 aliphatic rings. The van der Waals surface area contributed by atoms with Crippen molar-refractivity contribution < 1.29 is 14.3 Å². The van der Waals surface area contributed by atoms with Gasteiger partial charge in [-0.2, -0.15) is 0 Å². The van der Waals surface area contributed by atoms with Crippen LogP contribution in [0.1, 0.15) is 43.4 Å². The fourth-order valence-electron chi connectivity index (χ4n) is 4.61. The molecular formula is C26H30N2O3S. The largest absolute Gasteiger partial charge is 0.469 e. The summed E-state index contributed by atoms with van der Waals surface area (Å²) >= 11 is 1.84. The minimum atomic E-state index is -0.176. The van der Waals surface area contributed by atoms with E-state index in [0.717, 1.165) is 29.7 Å². The van der Waals surface area contributed by atoms with Gasteiger partial charge < -0.3 is 14.5 Å². The lowest BCUT2D eigenvalue weighted by Gasteiger charge is -2.29. The maximum Gasteiger partial charge on any atom is 0.321 e. The zero-order valence-electron chi connectivity index (χ0n) is 18.6. The van der Waals surface area contributed by atoms with Gasteiger partial charge in [0.1, 0.15) is 0 Å². The molecule has 2 amide bonds. The molecule has 0 spiro atoms. The highest BCUT2D eigenvalue weighted by Gasteiger charge is 2.52. The van der Waals surface area contributed by atoms with Crippen molar-refractivity contribution in [2.75, 3.05) is 12.9 Å². The Kier molecular flexibility index (Phi) is 7.20. The first kappa shape index (κ1) is 22.5. The van der Waals surface area contributed by atoms with E-state index >= 15 is 0 Å². The van der Waals surface area contributed by atoms with Gasteiger partial charge in [0, 0.05) is 23.6 Å². The van der Waals surface area contributed by atoms with Crippen LogP contribution in [0.2, 0.25) is 0 Å². The number of hydrogen-bond acceptors (Lipinski definition) is 4. The average Bonchev–Trinajstić information content (AvgIpc) is 3.35. The Labute approximate surface area is 194 Å². The van der Waals surface area contributed by atoms with Crippen molar-refractivity contribution in [2.45, 2.75) is 50.9 Å². The van der Waals surface area contributed by atoms with Crippen molar-refractivity contribution in [1.29, 1.82) is 0 Å². The number of amides is 2. The lowest BCUT2D eigenvalue weighted by molar-refractivity contribution is -0.140. The third-order valence-corrected chi connectivity index (χ3v) is 7.54. The number of rotatable bonds is 8. The SMILES string of the molecule is COC(=O)CCCC=C1SC[C@H]2[C@@H]1N(Cc1ccccc1)C(=O)N2[C@H](C)c1ccccc1. The molecule has 0 aliphatic carbocycles. The molecule has 0 N–H and O–H groups in total. The van der Waals surface area contributed by atoms with Gasteiger partial charge in [-0.15, -0.1) is 11.8 Å². The number of thioether (sulfide) groups is 1. The molecule has 2 aromatic rings. The summed E-state index contributed by atoms with van der Waals surface area (Å²) in [6.45, 7) is 2.72. The van der Waals surface area contributed by atoms with Crippen LogP contribution in [0.25, 0.3) is 0 Å². The monoisotopic (exact) mass is 450 g/mol. The molecule has 0 radical (unpaired) electrons. The molecule has 3 atom stereocenters. The van der Waals surface area contributed by atoms with Crippen molar-refractivity contribution in [3.05, 3.63) is 82.8 Å². The van der Waals surface area contributed by atoms with Gasteiger partial charge in [-0.1, -0.05) is 66.7 Å². The van der Waals surface area contributed by atoms with Crippen molar-refractivity contribution in [3.63, 3.8) is 0 Å². The van der Waals surface area contributed by atoms with E-state index in [1.165, 1.54) is 12.0 Å². The summed E-state index contributed by atoms with van der Waals surface area (Å²) in [5, 5.41) is 0. The molecule has 0 saturated carbocycles. The number of urea groups is 1. The van der Waals surface area contributed by atoms with E-state index in [2.05, 4.69) is 42.2 Å². The van der Waals surface area contributed by atoms with Crippen LogP contribution in [-0.4, -0.2) is 46.7 Å². The third kappa shape index (κ3) is 4.70. The van der Waals surface area contributed by atoms with E-state index in [4.69, 9.17) is 4.74 Å².